The Balaban J connectivity index is 1.69. The van der Waals surface area contributed by atoms with Crippen LogP contribution in [0.4, 0.5) is 5.69 Å². The molecule has 1 fully saturated rings. The van der Waals surface area contributed by atoms with E-state index in [4.69, 9.17) is 4.74 Å². The van der Waals surface area contributed by atoms with Gasteiger partial charge in [-0.2, -0.15) is 0 Å². The second-order valence-electron chi connectivity index (χ2n) is 8.77. The zero-order valence-electron chi connectivity index (χ0n) is 19.3. The van der Waals surface area contributed by atoms with Gasteiger partial charge in [-0.1, -0.05) is 56.7 Å². The number of carbonyl (C=O) groups is 3. The Hall–Kier alpha value is -3.41. The number of anilines is 1. The van der Waals surface area contributed by atoms with Gasteiger partial charge in [0, 0.05) is 13.1 Å². The van der Waals surface area contributed by atoms with Crippen LogP contribution in [0, 0.1) is 5.92 Å². The van der Waals surface area contributed by atoms with E-state index in [1.165, 1.54) is 4.90 Å². The van der Waals surface area contributed by atoms with Crippen molar-refractivity contribution < 1.29 is 19.1 Å². The molecule has 6 heteroatoms. The smallest absolute Gasteiger partial charge is 0.338 e. The summed E-state index contributed by atoms with van der Waals surface area (Å²) in [6.45, 7) is 6.02. The number of likely N-dealkylation sites (tertiary alicyclic amines) is 1. The maximum absolute atomic E-state index is 13.7. The molecule has 2 aromatic carbocycles. The van der Waals surface area contributed by atoms with E-state index in [9.17, 15) is 14.4 Å². The van der Waals surface area contributed by atoms with Crippen molar-refractivity contribution in [3.63, 3.8) is 0 Å². The van der Waals surface area contributed by atoms with Gasteiger partial charge in [-0.15, -0.1) is 0 Å². The fourth-order valence-corrected chi connectivity index (χ4v) is 4.47. The highest BCUT2D eigenvalue weighted by Crippen LogP contribution is 2.36. The topological polar surface area (TPSA) is 66.9 Å². The Morgan fingerprint density at radius 1 is 1.06 bits per heavy atom. The quantitative estimate of drug-likeness (QED) is 0.352. The molecule has 6 nitrogen and oxygen atoms in total. The number of imide groups is 1. The molecule has 0 saturated carbocycles. The summed E-state index contributed by atoms with van der Waals surface area (Å²) in [4.78, 5) is 43.0. The third-order valence-electron chi connectivity index (χ3n) is 6.17. The summed E-state index contributed by atoms with van der Waals surface area (Å²) in [5.41, 5.74) is 2.30. The van der Waals surface area contributed by atoms with Crippen molar-refractivity contribution in [2.45, 2.75) is 39.5 Å². The average molecular weight is 447 g/mol. The molecule has 0 spiro atoms. The fourth-order valence-electron chi connectivity index (χ4n) is 4.47. The van der Waals surface area contributed by atoms with Gasteiger partial charge in [0.2, 0.25) is 0 Å². The third kappa shape index (κ3) is 4.70. The molecule has 0 N–H and O–H groups in total. The van der Waals surface area contributed by atoms with Crippen LogP contribution in [0.3, 0.4) is 0 Å². The van der Waals surface area contributed by atoms with Crippen LogP contribution in [-0.4, -0.2) is 42.4 Å². The van der Waals surface area contributed by atoms with Crippen molar-refractivity contribution in [2.75, 3.05) is 24.6 Å². The van der Waals surface area contributed by atoms with Crippen LogP contribution in [-0.2, 0) is 14.3 Å². The summed E-state index contributed by atoms with van der Waals surface area (Å²) < 4.78 is 5.31. The number of hydrogen-bond donors (Lipinski definition) is 0. The zero-order valence-corrected chi connectivity index (χ0v) is 19.3. The Kier molecular flexibility index (Phi) is 6.92. The number of benzene rings is 2. The summed E-state index contributed by atoms with van der Waals surface area (Å²) in [6, 6.07) is 15.9. The van der Waals surface area contributed by atoms with E-state index in [0.29, 0.717) is 35.0 Å². The number of ether oxygens (including phenoxy) is 1. The molecule has 33 heavy (non-hydrogen) atoms. The van der Waals surface area contributed by atoms with Gasteiger partial charge in [-0.3, -0.25) is 9.59 Å². The van der Waals surface area contributed by atoms with Crippen LogP contribution in [0.25, 0.3) is 5.57 Å². The SMILES string of the molecule is CCCCOC(=O)c1cccc(N2C(=O)C(c3ccccc3)=C(N3CCCC(C)C3)C2=O)c1. The maximum Gasteiger partial charge on any atom is 0.338 e. The lowest BCUT2D eigenvalue weighted by Gasteiger charge is -2.33. The summed E-state index contributed by atoms with van der Waals surface area (Å²) in [5, 5.41) is 0. The number of piperidine rings is 1. The molecule has 2 amide bonds. The maximum atomic E-state index is 13.7. The molecular formula is C27H30N2O4. The molecule has 0 radical (unpaired) electrons. The van der Waals surface area contributed by atoms with Gasteiger partial charge < -0.3 is 9.64 Å². The average Bonchev–Trinajstić information content (AvgIpc) is 3.09. The molecule has 2 aromatic rings. The van der Waals surface area contributed by atoms with E-state index >= 15 is 0 Å². The van der Waals surface area contributed by atoms with Crippen LogP contribution in [0.5, 0.6) is 0 Å². The van der Waals surface area contributed by atoms with Gasteiger partial charge in [-0.05, 0) is 48.9 Å². The first kappa shape index (κ1) is 22.8. The van der Waals surface area contributed by atoms with Crippen LogP contribution >= 0.6 is 0 Å². The number of carbonyl (C=O) groups excluding carboxylic acids is 3. The molecule has 2 heterocycles. The molecule has 1 unspecified atom stereocenters. The minimum Gasteiger partial charge on any atom is -0.462 e. The zero-order chi connectivity index (χ0) is 23.4. The highest BCUT2D eigenvalue weighted by Gasteiger charge is 2.43. The summed E-state index contributed by atoms with van der Waals surface area (Å²) in [5.74, 6) is -0.715. The molecule has 4 rings (SSSR count). The lowest BCUT2D eigenvalue weighted by molar-refractivity contribution is -0.120. The molecule has 2 aliphatic heterocycles. The van der Waals surface area contributed by atoms with Crippen molar-refractivity contribution in [2.24, 2.45) is 5.92 Å². The van der Waals surface area contributed by atoms with E-state index in [2.05, 4.69) is 11.8 Å². The second kappa shape index (κ2) is 10.0. The largest absolute Gasteiger partial charge is 0.462 e. The number of rotatable bonds is 7. The van der Waals surface area contributed by atoms with E-state index < -0.39 is 5.97 Å². The molecular weight excluding hydrogens is 416 g/mol. The van der Waals surface area contributed by atoms with Crippen LogP contribution < -0.4 is 4.90 Å². The standard InChI is InChI=1S/C27H30N2O4/c1-3-4-16-33-27(32)21-13-8-14-22(17-21)29-25(30)23(20-11-6-5-7-12-20)24(26(29)31)28-15-9-10-19(2)18-28/h5-8,11-14,17,19H,3-4,9-10,15-16,18H2,1-2H3. The van der Waals surface area contributed by atoms with E-state index in [-0.39, 0.29) is 11.8 Å². The van der Waals surface area contributed by atoms with Gasteiger partial charge in [0.25, 0.3) is 11.8 Å². The highest BCUT2D eigenvalue weighted by atomic mass is 16.5. The van der Waals surface area contributed by atoms with Gasteiger partial charge in [0.15, 0.2) is 0 Å². The fraction of sp³-hybridized carbons (Fsp3) is 0.370. The first-order valence-corrected chi connectivity index (χ1v) is 11.7. The Labute approximate surface area is 194 Å². The highest BCUT2D eigenvalue weighted by molar-refractivity contribution is 6.45. The van der Waals surface area contributed by atoms with E-state index in [0.717, 1.165) is 44.3 Å². The number of amides is 2. The van der Waals surface area contributed by atoms with Crippen LogP contribution in [0.1, 0.15) is 55.5 Å². The molecule has 0 bridgehead atoms. The monoisotopic (exact) mass is 446 g/mol. The number of unbranched alkanes of at least 4 members (excludes halogenated alkanes) is 1. The van der Waals surface area contributed by atoms with Crippen LogP contribution in [0.15, 0.2) is 60.3 Å². The summed E-state index contributed by atoms with van der Waals surface area (Å²) in [6.07, 6.45) is 3.80. The number of nitrogens with zero attached hydrogens (tertiary/aromatic N) is 2. The molecule has 1 atom stereocenters. The van der Waals surface area contributed by atoms with Gasteiger partial charge in [0.1, 0.15) is 5.70 Å². The van der Waals surface area contributed by atoms with Gasteiger partial charge in [0.05, 0.1) is 23.4 Å². The summed E-state index contributed by atoms with van der Waals surface area (Å²) in [7, 11) is 0. The Bertz CT molecular complexity index is 1080. The normalized spacial score (nSPS) is 18.8. The predicted octanol–water partition coefficient (Wildman–Crippen LogP) is 4.66. The van der Waals surface area contributed by atoms with Gasteiger partial charge in [-0.25, -0.2) is 9.69 Å². The molecule has 1 saturated heterocycles. The van der Waals surface area contributed by atoms with Crippen LogP contribution in [0.2, 0.25) is 0 Å². The van der Waals surface area contributed by atoms with E-state index in [1.807, 2.05) is 37.3 Å². The molecule has 2 aliphatic rings. The first-order chi connectivity index (χ1) is 16.0. The number of esters is 1. The van der Waals surface area contributed by atoms with Gasteiger partial charge >= 0.3 is 5.97 Å². The Morgan fingerprint density at radius 2 is 1.85 bits per heavy atom. The first-order valence-electron chi connectivity index (χ1n) is 11.7. The lowest BCUT2D eigenvalue weighted by atomic mass is 9.98. The Morgan fingerprint density at radius 3 is 2.58 bits per heavy atom. The second-order valence-corrected chi connectivity index (χ2v) is 8.77. The van der Waals surface area contributed by atoms with E-state index in [1.54, 1.807) is 24.3 Å². The van der Waals surface area contributed by atoms with Crippen molar-refractivity contribution in [1.82, 2.24) is 4.90 Å². The number of hydrogen-bond acceptors (Lipinski definition) is 5. The predicted molar refractivity (Wildman–Crippen MR) is 127 cm³/mol. The van der Waals surface area contributed by atoms with Crippen molar-refractivity contribution >= 4 is 29.0 Å². The minimum atomic E-state index is -0.453. The lowest BCUT2D eigenvalue weighted by Crippen LogP contribution is -2.39. The minimum absolute atomic E-state index is 0.325. The molecule has 172 valence electrons. The summed E-state index contributed by atoms with van der Waals surface area (Å²) >= 11 is 0. The van der Waals surface area contributed by atoms with Crippen molar-refractivity contribution in [3.8, 4) is 0 Å². The van der Waals surface area contributed by atoms with Crippen molar-refractivity contribution in [1.29, 1.82) is 0 Å². The third-order valence-corrected chi connectivity index (χ3v) is 6.17. The molecule has 0 aliphatic carbocycles. The van der Waals surface area contributed by atoms with Crippen molar-refractivity contribution in [3.05, 3.63) is 71.4 Å². The molecule has 0 aromatic heterocycles.